The molecule has 0 bridgehead atoms. The summed E-state index contributed by atoms with van der Waals surface area (Å²) < 4.78 is 5.38. The molecule has 12 heavy (non-hydrogen) atoms. The van der Waals surface area contributed by atoms with Gasteiger partial charge in [0.25, 0.3) is 0 Å². The van der Waals surface area contributed by atoms with E-state index in [1.54, 1.807) is 0 Å². The normalized spacial score (nSPS) is 16.0. The maximum absolute atomic E-state index is 11.1. The summed E-state index contributed by atoms with van der Waals surface area (Å²) in [5.74, 6) is 0. The van der Waals surface area contributed by atoms with Gasteiger partial charge in [0.15, 0.2) is 0 Å². The van der Waals surface area contributed by atoms with Gasteiger partial charge in [-0.05, 0) is 19.8 Å². The second-order valence-electron chi connectivity index (χ2n) is 3.34. The van der Waals surface area contributed by atoms with Crippen molar-refractivity contribution < 1.29 is 9.84 Å². The first kappa shape index (κ1) is 11.9. The molecule has 0 aliphatic heterocycles. The van der Waals surface area contributed by atoms with E-state index in [1.165, 1.54) is 0 Å². The lowest BCUT2D eigenvalue weighted by atomic mass is 10.2. The monoisotopic (exact) mass is 173 g/mol. The first-order valence-electron chi connectivity index (χ1n) is 4.98. The van der Waals surface area contributed by atoms with Gasteiger partial charge in [-0.3, -0.25) is 0 Å². The van der Waals surface area contributed by atoms with Crippen LogP contribution in [0.1, 0.15) is 46.5 Å². The molecule has 1 radical (unpaired) electrons. The Balaban J connectivity index is 3.27. The van der Waals surface area contributed by atoms with Crippen molar-refractivity contribution in [3.05, 3.63) is 0 Å². The van der Waals surface area contributed by atoms with Crippen LogP contribution in [0.25, 0.3) is 0 Å². The molecule has 0 saturated heterocycles. The summed E-state index contributed by atoms with van der Waals surface area (Å²) in [6, 6.07) is 0. The molecule has 0 N–H and O–H groups in total. The van der Waals surface area contributed by atoms with Gasteiger partial charge in [-0.1, -0.05) is 26.7 Å². The lowest BCUT2D eigenvalue weighted by Crippen LogP contribution is -2.18. The minimum absolute atomic E-state index is 0.253. The van der Waals surface area contributed by atoms with E-state index in [0.717, 1.165) is 25.7 Å². The van der Waals surface area contributed by atoms with Crippen LogP contribution in [0.4, 0.5) is 0 Å². The molecule has 0 aromatic heterocycles. The van der Waals surface area contributed by atoms with Crippen LogP contribution in [-0.4, -0.2) is 18.8 Å². The van der Waals surface area contributed by atoms with Crippen LogP contribution in [0, 0.1) is 0 Å². The smallest absolute Gasteiger partial charge is 0.116 e. The van der Waals surface area contributed by atoms with Crippen molar-refractivity contribution in [3.63, 3.8) is 0 Å². The summed E-state index contributed by atoms with van der Waals surface area (Å²) in [6.07, 6.45) is 3.60. The summed E-state index contributed by atoms with van der Waals surface area (Å²) in [7, 11) is 0. The van der Waals surface area contributed by atoms with Gasteiger partial charge in [-0.15, -0.1) is 0 Å². The van der Waals surface area contributed by atoms with Crippen molar-refractivity contribution in [2.45, 2.75) is 58.7 Å². The molecule has 2 atom stereocenters. The predicted molar refractivity (Wildman–Crippen MR) is 49.7 cm³/mol. The van der Waals surface area contributed by atoms with Gasteiger partial charge in [0, 0.05) is 0 Å². The van der Waals surface area contributed by atoms with E-state index >= 15 is 0 Å². The zero-order valence-electron chi connectivity index (χ0n) is 8.51. The highest BCUT2D eigenvalue weighted by Gasteiger charge is 2.07. The number of hydrogen-bond acceptors (Lipinski definition) is 1. The predicted octanol–water partition coefficient (Wildman–Crippen LogP) is 2.79. The second kappa shape index (κ2) is 7.56. The van der Waals surface area contributed by atoms with E-state index < -0.39 is 6.10 Å². The lowest BCUT2D eigenvalue weighted by Gasteiger charge is -2.13. The third kappa shape index (κ3) is 6.62. The first-order valence-corrected chi connectivity index (χ1v) is 4.98. The van der Waals surface area contributed by atoms with E-state index in [-0.39, 0.29) is 6.10 Å². The SMILES string of the molecule is CCCC([O])COC(C)CCC. The van der Waals surface area contributed by atoms with Gasteiger partial charge in [-0.25, -0.2) is 5.11 Å². The molecule has 0 aromatic rings. The maximum atomic E-state index is 11.1. The van der Waals surface area contributed by atoms with Crippen molar-refractivity contribution in [2.75, 3.05) is 6.61 Å². The average molecular weight is 173 g/mol. The van der Waals surface area contributed by atoms with Crippen LogP contribution < -0.4 is 0 Å². The molecule has 0 amide bonds. The Kier molecular flexibility index (Phi) is 7.51. The van der Waals surface area contributed by atoms with Crippen LogP contribution >= 0.6 is 0 Å². The summed E-state index contributed by atoms with van der Waals surface area (Å²) in [5.41, 5.74) is 0. The molecule has 0 aliphatic carbocycles. The highest BCUT2D eigenvalue weighted by atomic mass is 16.5. The van der Waals surface area contributed by atoms with Crippen molar-refractivity contribution in [1.82, 2.24) is 0 Å². The van der Waals surface area contributed by atoms with Crippen molar-refractivity contribution in [2.24, 2.45) is 0 Å². The fourth-order valence-corrected chi connectivity index (χ4v) is 1.17. The van der Waals surface area contributed by atoms with Gasteiger partial charge < -0.3 is 4.74 Å². The van der Waals surface area contributed by atoms with Crippen molar-refractivity contribution in [3.8, 4) is 0 Å². The Hall–Kier alpha value is -0.0800. The fourth-order valence-electron chi connectivity index (χ4n) is 1.17. The van der Waals surface area contributed by atoms with Crippen molar-refractivity contribution in [1.29, 1.82) is 0 Å². The Labute approximate surface area is 75.9 Å². The Morgan fingerprint density at radius 1 is 1.17 bits per heavy atom. The van der Waals surface area contributed by atoms with Gasteiger partial charge in [-0.2, -0.15) is 0 Å². The fraction of sp³-hybridized carbons (Fsp3) is 1.00. The van der Waals surface area contributed by atoms with Gasteiger partial charge in [0.1, 0.15) is 6.10 Å². The minimum Gasteiger partial charge on any atom is -0.376 e. The molecule has 2 unspecified atom stereocenters. The zero-order chi connectivity index (χ0) is 9.40. The van der Waals surface area contributed by atoms with Gasteiger partial charge in [0.2, 0.25) is 0 Å². The summed E-state index contributed by atoms with van der Waals surface area (Å²) in [5, 5.41) is 11.1. The van der Waals surface area contributed by atoms with Gasteiger partial charge >= 0.3 is 0 Å². The van der Waals surface area contributed by atoms with Crippen LogP contribution in [0.5, 0.6) is 0 Å². The Morgan fingerprint density at radius 3 is 2.25 bits per heavy atom. The molecule has 2 nitrogen and oxygen atoms in total. The first-order chi connectivity index (χ1) is 5.70. The van der Waals surface area contributed by atoms with E-state index in [4.69, 9.17) is 4.74 Å². The molecule has 0 spiro atoms. The van der Waals surface area contributed by atoms with Crippen LogP contribution in [-0.2, 0) is 9.84 Å². The number of hydrogen-bond donors (Lipinski definition) is 0. The third-order valence-electron chi connectivity index (χ3n) is 1.87. The Bertz CT molecular complexity index is 81.8. The highest BCUT2D eigenvalue weighted by Crippen LogP contribution is 2.04. The molecule has 0 aliphatic rings. The standard InChI is InChI=1S/C10H21O2/c1-4-6-9(3)12-8-10(11)7-5-2/h9-10H,4-8H2,1-3H3. The topological polar surface area (TPSA) is 29.1 Å². The maximum Gasteiger partial charge on any atom is 0.116 e. The molecule has 2 heteroatoms. The van der Waals surface area contributed by atoms with Crippen molar-refractivity contribution >= 4 is 0 Å². The molecule has 0 saturated carbocycles. The molecular weight excluding hydrogens is 152 g/mol. The average Bonchev–Trinajstić information content (AvgIpc) is 2.02. The highest BCUT2D eigenvalue weighted by molar-refractivity contribution is 4.54. The van der Waals surface area contributed by atoms with Crippen LogP contribution in [0.2, 0.25) is 0 Å². The molecule has 0 aromatic carbocycles. The molecule has 0 rings (SSSR count). The summed E-state index contributed by atoms with van der Waals surface area (Å²) in [6.45, 7) is 6.57. The largest absolute Gasteiger partial charge is 0.376 e. The molecule has 73 valence electrons. The number of ether oxygens (including phenoxy) is 1. The zero-order valence-corrected chi connectivity index (χ0v) is 8.51. The molecular formula is C10H21O2. The van der Waals surface area contributed by atoms with E-state index in [0.29, 0.717) is 6.61 Å². The second-order valence-corrected chi connectivity index (χ2v) is 3.34. The van der Waals surface area contributed by atoms with Crippen LogP contribution in [0.3, 0.4) is 0 Å². The van der Waals surface area contributed by atoms with Gasteiger partial charge in [0.05, 0.1) is 12.7 Å². The van der Waals surface area contributed by atoms with E-state index in [9.17, 15) is 5.11 Å². The van der Waals surface area contributed by atoms with E-state index in [2.05, 4.69) is 6.92 Å². The molecule has 0 heterocycles. The molecule has 0 fully saturated rings. The quantitative estimate of drug-likeness (QED) is 0.582. The van der Waals surface area contributed by atoms with E-state index in [1.807, 2.05) is 13.8 Å². The van der Waals surface area contributed by atoms with Crippen LogP contribution in [0.15, 0.2) is 0 Å². The Morgan fingerprint density at radius 2 is 1.75 bits per heavy atom. The lowest BCUT2D eigenvalue weighted by molar-refractivity contribution is -0.0365. The third-order valence-corrected chi connectivity index (χ3v) is 1.87. The summed E-state index contributed by atoms with van der Waals surface area (Å²) in [4.78, 5) is 0. The number of rotatable bonds is 7. The minimum atomic E-state index is -0.519. The summed E-state index contributed by atoms with van der Waals surface area (Å²) >= 11 is 0.